The number of nitrogens with zero attached hydrogens (tertiary/aromatic N) is 1. The number of ether oxygens (including phenoxy) is 2. The van der Waals surface area contributed by atoms with E-state index in [9.17, 15) is 4.79 Å². The topological polar surface area (TPSA) is 50.8 Å². The normalized spacial score (nSPS) is 15.1. The zero-order chi connectivity index (χ0) is 17.0. The second kappa shape index (κ2) is 13.0. The number of hydrogen-bond donors (Lipinski definition) is 1. The van der Waals surface area contributed by atoms with Gasteiger partial charge in [-0.3, -0.25) is 10.2 Å². The molecule has 0 saturated carbocycles. The molecule has 0 unspecified atom stereocenters. The van der Waals surface area contributed by atoms with Gasteiger partial charge in [-0.15, -0.1) is 12.4 Å². The van der Waals surface area contributed by atoms with Crippen molar-refractivity contribution in [3.05, 3.63) is 29.8 Å². The first-order chi connectivity index (χ1) is 11.8. The Morgan fingerprint density at radius 3 is 2.64 bits per heavy atom. The fourth-order valence-electron chi connectivity index (χ4n) is 2.85. The van der Waals surface area contributed by atoms with Crippen LogP contribution >= 0.6 is 12.4 Å². The van der Waals surface area contributed by atoms with Crippen LogP contribution in [0.5, 0.6) is 0 Å². The molecule has 1 fully saturated rings. The summed E-state index contributed by atoms with van der Waals surface area (Å²) < 4.78 is 10.8. The zero-order valence-electron chi connectivity index (χ0n) is 15.2. The third kappa shape index (κ3) is 9.10. The molecular formula is C19H31ClN2O3. The number of halogens is 1. The smallest absolute Gasteiger partial charge is 0.411 e. The van der Waals surface area contributed by atoms with Crippen molar-refractivity contribution in [2.75, 3.05) is 38.2 Å². The summed E-state index contributed by atoms with van der Waals surface area (Å²) in [5.74, 6) is 0. The Kier molecular flexibility index (Phi) is 11.3. The lowest BCUT2D eigenvalue weighted by Crippen LogP contribution is -2.30. The highest BCUT2D eigenvalue weighted by molar-refractivity contribution is 5.85. The van der Waals surface area contributed by atoms with Gasteiger partial charge in [-0.05, 0) is 50.0 Å². The molecule has 0 spiro atoms. The maximum absolute atomic E-state index is 11.9. The van der Waals surface area contributed by atoms with Gasteiger partial charge in [-0.1, -0.05) is 31.9 Å². The van der Waals surface area contributed by atoms with Crippen LogP contribution in [0.2, 0.25) is 0 Å². The van der Waals surface area contributed by atoms with E-state index in [1.165, 1.54) is 25.7 Å². The Bertz CT molecular complexity index is 491. The van der Waals surface area contributed by atoms with Gasteiger partial charge >= 0.3 is 6.09 Å². The fraction of sp³-hybridized carbons (Fsp3) is 0.632. The molecule has 0 bridgehead atoms. The molecular weight excluding hydrogens is 340 g/mol. The molecule has 1 amide bonds. The van der Waals surface area contributed by atoms with Gasteiger partial charge in [0.2, 0.25) is 0 Å². The van der Waals surface area contributed by atoms with E-state index in [0.717, 1.165) is 43.9 Å². The first-order valence-corrected chi connectivity index (χ1v) is 9.10. The Morgan fingerprint density at radius 1 is 1.16 bits per heavy atom. The van der Waals surface area contributed by atoms with Gasteiger partial charge in [0.15, 0.2) is 0 Å². The minimum atomic E-state index is -0.392. The Labute approximate surface area is 157 Å². The minimum absolute atomic E-state index is 0. The molecule has 0 radical (unpaired) electrons. The third-order valence-corrected chi connectivity index (χ3v) is 4.13. The van der Waals surface area contributed by atoms with Gasteiger partial charge in [0, 0.05) is 18.8 Å². The molecule has 25 heavy (non-hydrogen) atoms. The van der Waals surface area contributed by atoms with E-state index in [-0.39, 0.29) is 12.4 Å². The summed E-state index contributed by atoms with van der Waals surface area (Å²) in [6.07, 6.45) is 5.74. The van der Waals surface area contributed by atoms with Crippen LogP contribution in [0.25, 0.3) is 0 Å². The number of anilines is 1. The molecule has 1 aromatic carbocycles. The van der Waals surface area contributed by atoms with Crippen molar-refractivity contribution in [2.24, 2.45) is 0 Å². The van der Waals surface area contributed by atoms with Crippen LogP contribution in [-0.4, -0.2) is 43.8 Å². The molecule has 5 nitrogen and oxygen atoms in total. The van der Waals surface area contributed by atoms with Crippen molar-refractivity contribution < 1.29 is 14.3 Å². The van der Waals surface area contributed by atoms with Gasteiger partial charge in [0.25, 0.3) is 0 Å². The zero-order valence-corrected chi connectivity index (χ0v) is 16.0. The third-order valence-electron chi connectivity index (χ3n) is 4.13. The van der Waals surface area contributed by atoms with Crippen LogP contribution in [-0.2, 0) is 16.1 Å². The quantitative estimate of drug-likeness (QED) is 0.686. The van der Waals surface area contributed by atoms with Crippen molar-refractivity contribution >= 4 is 24.2 Å². The largest absolute Gasteiger partial charge is 0.448 e. The lowest BCUT2D eigenvalue weighted by Gasteiger charge is -2.19. The fourth-order valence-corrected chi connectivity index (χ4v) is 2.85. The van der Waals surface area contributed by atoms with Crippen molar-refractivity contribution in [2.45, 2.75) is 45.6 Å². The van der Waals surface area contributed by atoms with Crippen LogP contribution in [0, 0.1) is 0 Å². The maximum atomic E-state index is 11.9. The number of rotatable bonds is 8. The molecule has 2 rings (SSSR count). The van der Waals surface area contributed by atoms with Gasteiger partial charge in [-0.2, -0.15) is 0 Å². The van der Waals surface area contributed by atoms with Crippen LogP contribution in [0.3, 0.4) is 0 Å². The molecule has 142 valence electrons. The summed E-state index contributed by atoms with van der Waals surface area (Å²) in [5, 5.41) is 2.79. The highest BCUT2D eigenvalue weighted by Crippen LogP contribution is 2.12. The SMILES string of the molecule is CCCOCc1cccc(NC(=O)OCCN2CCCCCC2)c1.Cl. The lowest BCUT2D eigenvalue weighted by molar-refractivity contribution is 0.121. The number of amides is 1. The van der Waals surface area contributed by atoms with Crippen molar-refractivity contribution in [1.82, 2.24) is 4.90 Å². The first kappa shape index (κ1) is 21.7. The number of hydrogen-bond acceptors (Lipinski definition) is 4. The van der Waals surface area contributed by atoms with E-state index in [2.05, 4.69) is 17.1 Å². The summed E-state index contributed by atoms with van der Waals surface area (Å²) in [6.45, 7) is 6.88. The molecule has 1 aromatic rings. The van der Waals surface area contributed by atoms with E-state index < -0.39 is 6.09 Å². The van der Waals surface area contributed by atoms with Gasteiger partial charge in [0.1, 0.15) is 6.61 Å². The summed E-state index contributed by atoms with van der Waals surface area (Å²) in [7, 11) is 0. The molecule has 0 aliphatic carbocycles. The summed E-state index contributed by atoms with van der Waals surface area (Å²) in [4.78, 5) is 14.3. The molecule has 1 heterocycles. The average molecular weight is 371 g/mol. The van der Waals surface area contributed by atoms with Gasteiger partial charge in [0.05, 0.1) is 6.61 Å². The van der Waals surface area contributed by atoms with Crippen molar-refractivity contribution in [3.63, 3.8) is 0 Å². The van der Waals surface area contributed by atoms with Crippen LogP contribution < -0.4 is 5.32 Å². The highest BCUT2D eigenvalue weighted by Gasteiger charge is 2.10. The lowest BCUT2D eigenvalue weighted by atomic mass is 10.2. The number of carbonyl (C=O) groups excluding carboxylic acids is 1. The Balaban J connectivity index is 0.00000312. The molecule has 1 saturated heterocycles. The number of nitrogens with one attached hydrogen (secondary N) is 1. The average Bonchev–Trinajstić information content (AvgIpc) is 2.84. The predicted molar refractivity (Wildman–Crippen MR) is 104 cm³/mol. The van der Waals surface area contributed by atoms with E-state index in [0.29, 0.717) is 13.2 Å². The van der Waals surface area contributed by atoms with E-state index in [4.69, 9.17) is 9.47 Å². The van der Waals surface area contributed by atoms with Gasteiger partial charge < -0.3 is 9.47 Å². The van der Waals surface area contributed by atoms with Gasteiger partial charge in [-0.25, -0.2) is 4.79 Å². The van der Waals surface area contributed by atoms with E-state index in [1.807, 2.05) is 24.3 Å². The summed E-state index contributed by atoms with van der Waals surface area (Å²) in [6, 6.07) is 7.69. The molecule has 6 heteroatoms. The molecule has 0 aromatic heterocycles. The highest BCUT2D eigenvalue weighted by atomic mass is 35.5. The molecule has 1 N–H and O–H groups in total. The maximum Gasteiger partial charge on any atom is 0.411 e. The minimum Gasteiger partial charge on any atom is -0.448 e. The monoisotopic (exact) mass is 370 g/mol. The number of carbonyl (C=O) groups is 1. The first-order valence-electron chi connectivity index (χ1n) is 9.10. The Hall–Kier alpha value is -1.30. The van der Waals surface area contributed by atoms with Crippen molar-refractivity contribution in [1.29, 1.82) is 0 Å². The van der Waals surface area contributed by atoms with Crippen LogP contribution in [0.15, 0.2) is 24.3 Å². The number of benzene rings is 1. The van der Waals surface area contributed by atoms with Crippen LogP contribution in [0.1, 0.15) is 44.6 Å². The molecule has 0 atom stereocenters. The van der Waals surface area contributed by atoms with E-state index in [1.54, 1.807) is 0 Å². The van der Waals surface area contributed by atoms with E-state index >= 15 is 0 Å². The molecule has 1 aliphatic heterocycles. The Morgan fingerprint density at radius 2 is 1.92 bits per heavy atom. The predicted octanol–water partition coefficient (Wildman–Crippen LogP) is 4.46. The molecule has 1 aliphatic rings. The summed E-state index contributed by atoms with van der Waals surface area (Å²) in [5.41, 5.74) is 1.79. The number of likely N-dealkylation sites (tertiary alicyclic amines) is 1. The van der Waals surface area contributed by atoms with Crippen LogP contribution in [0.4, 0.5) is 10.5 Å². The van der Waals surface area contributed by atoms with Crippen molar-refractivity contribution in [3.8, 4) is 0 Å². The summed E-state index contributed by atoms with van der Waals surface area (Å²) >= 11 is 0. The second-order valence-electron chi connectivity index (χ2n) is 6.27. The standard InChI is InChI=1S/C19H30N2O3.ClH/c1-2-13-23-16-17-8-7-9-18(15-17)20-19(22)24-14-12-21-10-5-3-4-6-11-21;/h7-9,15H,2-6,10-14,16H2,1H3,(H,20,22);1H. The second-order valence-corrected chi connectivity index (χ2v) is 6.27.